The summed E-state index contributed by atoms with van der Waals surface area (Å²) in [7, 11) is -2.39. The van der Waals surface area contributed by atoms with Crippen molar-refractivity contribution in [2.75, 3.05) is 9.79 Å². The van der Waals surface area contributed by atoms with Crippen LogP contribution in [0.4, 0.5) is 11.4 Å². The molecule has 1 aromatic carbocycles. The van der Waals surface area contributed by atoms with Crippen molar-refractivity contribution < 1.29 is 32.4 Å². The molecule has 0 saturated heterocycles. The predicted octanol–water partition coefficient (Wildman–Crippen LogP) is 3.39. The summed E-state index contributed by atoms with van der Waals surface area (Å²) in [5, 5.41) is 0.591. The molecule has 0 aliphatic carbocycles. The van der Waals surface area contributed by atoms with Gasteiger partial charge in [0.25, 0.3) is 15.9 Å². The fourth-order valence-electron chi connectivity index (χ4n) is 3.03. The number of anilines is 2. The molecule has 12 heteroatoms. The molecular weight excluding hydrogens is 488 g/mol. The van der Waals surface area contributed by atoms with Gasteiger partial charge in [0.05, 0.1) is 34.1 Å². The summed E-state index contributed by atoms with van der Waals surface area (Å²) in [5.74, 6) is -1.94. The first-order valence-corrected chi connectivity index (χ1v) is 12.6. The van der Waals surface area contributed by atoms with Gasteiger partial charge in [-0.1, -0.05) is 0 Å². The number of nitrogens with zero attached hydrogens (tertiary/aromatic N) is 3. The summed E-state index contributed by atoms with van der Waals surface area (Å²) in [6, 6.07) is 4.29. The van der Waals surface area contributed by atoms with Crippen molar-refractivity contribution in [1.82, 2.24) is 9.55 Å². The molecule has 1 aromatic heterocycles. The van der Waals surface area contributed by atoms with Gasteiger partial charge in [-0.05, 0) is 66.7 Å². The number of hydroxylamine groups is 1. The fourth-order valence-corrected chi connectivity index (χ4v) is 4.06. The number of fused-ring (bicyclic) bond motifs is 1. The number of rotatable bonds is 5. The zero-order valence-corrected chi connectivity index (χ0v) is 22.3. The van der Waals surface area contributed by atoms with Crippen molar-refractivity contribution in [1.29, 1.82) is 0 Å². The second-order valence-electron chi connectivity index (χ2n) is 10.5. The minimum atomic E-state index is -4.02. The normalized spacial score (nSPS) is 15.4. The molecule has 1 aliphatic rings. The lowest BCUT2D eigenvalue weighted by atomic mass is 9.97. The lowest BCUT2D eigenvalue weighted by Crippen LogP contribution is -2.35. The van der Waals surface area contributed by atoms with Crippen LogP contribution in [-0.4, -0.2) is 35.8 Å². The summed E-state index contributed by atoms with van der Waals surface area (Å²) in [4.78, 5) is 47.7. The molecule has 0 bridgehead atoms. The maximum absolute atomic E-state index is 13.4. The van der Waals surface area contributed by atoms with Crippen molar-refractivity contribution >= 4 is 44.8 Å². The maximum atomic E-state index is 13.4. The molecule has 0 unspecified atom stereocenters. The number of esters is 1. The quantitative estimate of drug-likeness (QED) is 0.361. The molecule has 1 N–H and O–H groups in total. The van der Waals surface area contributed by atoms with Crippen molar-refractivity contribution in [3.8, 4) is 0 Å². The van der Waals surface area contributed by atoms with E-state index < -0.39 is 38.7 Å². The van der Waals surface area contributed by atoms with Crippen molar-refractivity contribution in [2.45, 2.75) is 53.5 Å². The van der Waals surface area contributed by atoms with Crippen LogP contribution < -0.4 is 9.79 Å². The number of aromatic nitrogens is 2. The number of nitrogens with one attached hydrogen (secondary N) is 1. The third-order valence-corrected chi connectivity index (χ3v) is 6.36. The first kappa shape index (κ1) is 26.9. The molecule has 1 aliphatic heterocycles. The topological polar surface area (TPSA) is 137 Å². The van der Waals surface area contributed by atoms with Crippen LogP contribution in [0, 0.1) is 10.8 Å². The highest BCUT2D eigenvalue weighted by molar-refractivity contribution is 7.92. The number of aryl methyl sites for hydroxylation is 1. The van der Waals surface area contributed by atoms with Crippen molar-refractivity contribution in [3.63, 3.8) is 0 Å². The molecule has 0 atom stereocenters. The third kappa shape index (κ3) is 5.43. The van der Waals surface area contributed by atoms with E-state index in [9.17, 15) is 22.8 Å². The van der Waals surface area contributed by atoms with E-state index in [1.807, 2.05) is 0 Å². The Morgan fingerprint density at radius 1 is 1.03 bits per heavy atom. The van der Waals surface area contributed by atoms with Gasteiger partial charge in [0.15, 0.2) is 5.03 Å². The van der Waals surface area contributed by atoms with Gasteiger partial charge in [-0.25, -0.2) is 9.78 Å². The Bertz CT molecular complexity index is 1380. The smallest absolute Gasteiger partial charge is 0.338 e. The summed E-state index contributed by atoms with van der Waals surface area (Å²) in [6.45, 7) is 11.4. The Balaban J connectivity index is 2.07. The molecule has 1 amide bonds. The van der Waals surface area contributed by atoms with E-state index in [1.54, 1.807) is 48.6 Å². The van der Waals surface area contributed by atoms with Gasteiger partial charge in [-0.3, -0.25) is 14.3 Å². The van der Waals surface area contributed by atoms with E-state index in [0.29, 0.717) is 5.56 Å². The van der Waals surface area contributed by atoms with Crippen LogP contribution in [0.2, 0.25) is 0 Å². The minimum Gasteiger partial charge on any atom is -0.430 e. The van der Waals surface area contributed by atoms with E-state index in [1.165, 1.54) is 42.2 Å². The largest absolute Gasteiger partial charge is 0.430 e. The first-order chi connectivity index (χ1) is 16.4. The SMILES string of the molecule is C/C(OC(=O)C(C)(C)C)=C1/C(=O)N(OC(=O)C(C)(C)C)c2cc(NS(=O)(=O)c3cn(C)cn3)ccc21. The van der Waals surface area contributed by atoms with Crippen molar-refractivity contribution in [2.24, 2.45) is 17.9 Å². The fraction of sp³-hybridized carbons (Fsp3) is 0.417. The average Bonchev–Trinajstić information content (AvgIpc) is 3.28. The Kier molecular flexibility index (Phi) is 6.79. The monoisotopic (exact) mass is 518 g/mol. The molecule has 194 valence electrons. The van der Waals surface area contributed by atoms with Gasteiger partial charge in [0.2, 0.25) is 0 Å². The number of sulfonamides is 1. The lowest BCUT2D eigenvalue weighted by molar-refractivity contribution is -0.157. The Morgan fingerprint density at radius 2 is 1.64 bits per heavy atom. The van der Waals surface area contributed by atoms with E-state index in [-0.39, 0.29) is 27.7 Å². The van der Waals surface area contributed by atoms with E-state index in [0.717, 1.165) is 5.06 Å². The summed E-state index contributed by atoms with van der Waals surface area (Å²) >= 11 is 0. The number of allylic oxidation sites excluding steroid dienone is 1. The van der Waals surface area contributed by atoms with Gasteiger partial charge in [-0.2, -0.15) is 8.42 Å². The van der Waals surface area contributed by atoms with E-state index in [4.69, 9.17) is 9.57 Å². The van der Waals surface area contributed by atoms with Gasteiger partial charge in [0.1, 0.15) is 5.76 Å². The maximum Gasteiger partial charge on any atom is 0.338 e. The molecule has 11 nitrogen and oxygen atoms in total. The molecular formula is C24H30N4O7S. The number of amides is 1. The Morgan fingerprint density at radius 3 is 2.17 bits per heavy atom. The number of hydrogen-bond donors (Lipinski definition) is 1. The van der Waals surface area contributed by atoms with Crippen LogP contribution in [0.1, 0.15) is 54.0 Å². The van der Waals surface area contributed by atoms with Crippen LogP contribution in [0.3, 0.4) is 0 Å². The molecule has 3 rings (SSSR count). The molecule has 36 heavy (non-hydrogen) atoms. The van der Waals surface area contributed by atoms with Gasteiger partial charge >= 0.3 is 11.9 Å². The van der Waals surface area contributed by atoms with Gasteiger partial charge in [-0.15, -0.1) is 5.06 Å². The zero-order chi connectivity index (χ0) is 27.2. The van der Waals surface area contributed by atoms with E-state index in [2.05, 4.69) is 9.71 Å². The minimum absolute atomic E-state index is 0.0171. The zero-order valence-electron chi connectivity index (χ0n) is 21.5. The number of hydrogen-bond acceptors (Lipinski definition) is 8. The summed E-state index contributed by atoms with van der Waals surface area (Å²) < 4.78 is 34.8. The standard InChI is InChI=1S/C24H30N4O7S/c1-14(34-21(30)23(2,3)4)19-16-10-9-15(26-36(32,33)18-12-27(8)13-25-18)11-17(16)28(20(19)29)35-22(31)24(5,6)7/h9-13,26H,1-8H3/b19-14-. The van der Waals surface area contributed by atoms with Crippen LogP contribution in [0.25, 0.3) is 5.57 Å². The number of benzene rings is 1. The molecule has 0 spiro atoms. The first-order valence-electron chi connectivity index (χ1n) is 11.1. The summed E-state index contributed by atoms with van der Waals surface area (Å²) in [6.07, 6.45) is 2.69. The van der Waals surface area contributed by atoms with Crippen LogP contribution in [-0.2, 0) is 41.0 Å². The highest BCUT2D eigenvalue weighted by atomic mass is 32.2. The van der Waals surface area contributed by atoms with Gasteiger partial charge < -0.3 is 14.1 Å². The van der Waals surface area contributed by atoms with E-state index >= 15 is 0 Å². The van der Waals surface area contributed by atoms with Crippen LogP contribution >= 0.6 is 0 Å². The summed E-state index contributed by atoms with van der Waals surface area (Å²) in [5.41, 5.74) is -1.21. The third-order valence-electron chi connectivity index (χ3n) is 5.09. The molecule has 0 radical (unpaired) electrons. The second-order valence-corrected chi connectivity index (χ2v) is 12.1. The number of carbonyl (C=O) groups is 3. The van der Waals surface area contributed by atoms with Crippen LogP contribution in [0.5, 0.6) is 0 Å². The second kappa shape index (κ2) is 9.08. The van der Waals surface area contributed by atoms with Gasteiger partial charge in [0, 0.05) is 18.8 Å². The molecule has 0 fully saturated rings. The number of imidazole rings is 1. The van der Waals surface area contributed by atoms with Crippen molar-refractivity contribution in [3.05, 3.63) is 42.0 Å². The number of ether oxygens (including phenoxy) is 1. The van der Waals surface area contributed by atoms with Crippen LogP contribution in [0.15, 0.2) is 41.5 Å². The molecule has 2 aromatic rings. The highest BCUT2D eigenvalue weighted by Gasteiger charge is 2.40. The highest BCUT2D eigenvalue weighted by Crippen LogP contribution is 2.41. The molecule has 0 saturated carbocycles. The molecule has 2 heterocycles. The Labute approximate surface area is 210 Å². The number of carbonyl (C=O) groups excluding carboxylic acids is 3. The average molecular weight is 519 g/mol. The lowest BCUT2D eigenvalue weighted by Gasteiger charge is -2.22. The Hall–Kier alpha value is -3.67. The predicted molar refractivity (Wildman–Crippen MR) is 132 cm³/mol.